The largest absolute Gasteiger partial charge is 0.305 e. The lowest BCUT2D eigenvalue weighted by Gasteiger charge is -1.87. The average molecular weight is 139 g/mol. The van der Waals surface area contributed by atoms with Crippen LogP contribution < -0.4 is 5.73 Å². The Morgan fingerprint density at radius 1 is 1.50 bits per heavy atom. The molecule has 0 spiro atoms. The molecule has 0 amide bonds. The average Bonchev–Trinajstić information content (AvgIpc) is 1.88. The van der Waals surface area contributed by atoms with Crippen LogP contribution in [0.5, 0.6) is 0 Å². The van der Waals surface area contributed by atoms with Crippen molar-refractivity contribution in [2.24, 2.45) is 0 Å². The molecule has 0 aliphatic rings. The van der Waals surface area contributed by atoms with Crippen LogP contribution in [0.15, 0.2) is 12.4 Å². The monoisotopic (exact) mass is 139 g/mol. The summed E-state index contributed by atoms with van der Waals surface area (Å²) in [7, 11) is 0. The molecule has 6 heteroatoms. The molecular formula is C4H3N4O2. The molecule has 0 unspecified atom stereocenters. The van der Waals surface area contributed by atoms with E-state index in [2.05, 4.69) is 9.97 Å². The molecule has 6 nitrogen and oxygen atoms in total. The van der Waals surface area contributed by atoms with Gasteiger partial charge in [0.15, 0.2) is 0 Å². The fourth-order valence-electron chi connectivity index (χ4n) is 0.416. The van der Waals surface area contributed by atoms with Crippen LogP contribution in [0, 0.1) is 10.1 Å². The quantitative estimate of drug-likeness (QED) is 0.413. The predicted octanol–water partition coefficient (Wildman–Crippen LogP) is 0.299. The van der Waals surface area contributed by atoms with Crippen molar-refractivity contribution in [1.29, 1.82) is 0 Å². The molecule has 0 atom stereocenters. The zero-order valence-corrected chi connectivity index (χ0v) is 4.81. The van der Waals surface area contributed by atoms with Gasteiger partial charge in [-0.15, -0.1) is 0 Å². The summed E-state index contributed by atoms with van der Waals surface area (Å²) in [6.07, 6.45) is 1.99. The van der Waals surface area contributed by atoms with Crippen molar-refractivity contribution >= 4 is 11.6 Å². The topological polar surface area (TPSA) is 92.7 Å². The number of hydrogen-bond donors (Lipinski definition) is 0. The second-order valence-electron chi connectivity index (χ2n) is 1.52. The van der Waals surface area contributed by atoms with Crippen molar-refractivity contribution in [2.45, 2.75) is 0 Å². The molecule has 10 heavy (non-hydrogen) atoms. The molecule has 1 rings (SSSR count). The Hall–Kier alpha value is -1.72. The molecule has 1 aromatic rings. The van der Waals surface area contributed by atoms with Crippen molar-refractivity contribution in [3.63, 3.8) is 0 Å². The number of rotatable bonds is 1. The first kappa shape index (κ1) is 6.40. The van der Waals surface area contributed by atoms with E-state index in [1.165, 1.54) is 0 Å². The van der Waals surface area contributed by atoms with Gasteiger partial charge in [0, 0.05) is 0 Å². The maximum atomic E-state index is 9.98. The molecule has 1 heterocycles. The third-order valence-electron chi connectivity index (χ3n) is 0.849. The van der Waals surface area contributed by atoms with Gasteiger partial charge in [-0.2, -0.15) is 0 Å². The van der Waals surface area contributed by atoms with Gasteiger partial charge in [-0.05, 0) is 0 Å². The first-order chi connectivity index (χ1) is 4.70. The fourth-order valence-corrected chi connectivity index (χ4v) is 0.416. The van der Waals surface area contributed by atoms with E-state index in [4.69, 9.17) is 5.73 Å². The van der Waals surface area contributed by atoms with Gasteiger partial charge in [0.25, 0.3) is 0 Å². The van der Waals surface area contributed by atoms with Gasteiger partial charge in [-0.1, -0.05) is 0 Å². The third kappa shape index (κ3) is 1.16. The number of nitrogens with one attached hydrogen (secondary N) is 1. The van der Waals surface area contributed by atoms with Crippen LogP contribution in [0.3, 0.4) is 0 Å². The molecule has 51 valence electrons. The van der Waals surface area contributed by atoms with Crippen molar-refractivity contribution in [2.75, 3.05) is 0 Å². The van der Waals surface area contributed by atoms with Crippen LogP contribution in [0.25, 0.3) is 0 Å². The van der Waals surface area contributed by atoms with E-state index in [-0.39, 0.29) is 11.6 Å². The van der Waals surface area contributed by atoms with E-state index in [0.717, 1.165) is 12.4 Å². The third-order valence-corrected chi connectivity index (χ3v) is 0.849. The number of hydrogen-bond acceptors (Lipinski definition) is 4. The highest BCUT2D eigenvalue weighted by molar-refractivity contribution is 5.24. The summed E-state index contributed by atoms with van der Waals surface area (Å²) in [6.45, 7) is 0. The molecule has 0 bridgehead atoms. The van der Waals surface area contributed by atoms with Crippen LogP contribution in [0.1, 0.15) is 0 Å². The van der Waals surface area contributed by atoms with E-state index >= 15 is 0 Å². The van der Waals surface area contributed by atoms with Gasteiger partial charge in [0.1, 0.15) is 12.4 Å². The highest BCUT2D eigenvalue weighted by atomic mass is 16.6. The van der Waals surface area contributed by atoms with Gasteiger partial charge in [-0.25, -0.2) is 9.97 Å². The minimum atomic E-state index is -0.612. The molecule has 0 saturated carbocycles. The van der Waals surface area contributed by atoms with Crippen molar-refractivity contribution in [1.82, 2.24) is 15.7 Å². The lowest BCUT2D eigenvalue weighted by Crippen LogP contribution is -1.90. The molecule has 0 saturated heterocycles. The zero-order chi connectivity index (χ0) is 7.56. The first-order valence-corrected chi connectivity index (χ1v) is 2.38. The Bertz CT molecular complexity index is 244. The highest BCUT2D eigenvalue weighted by Gasteiger charge is 2.03. The van der Waals surface area contributed by atoms with Crippen molar-refractivity contribution in [3.8, 4) is 0 Å². The van der Waals surface area contributed by atoms with Crippen LogP contribution in [0.4, 0.5) is 11.6 Å². The Balaban J connectivity index is 3.00. The smallest absolute Gasteiger partial charge is 0.266 e. The van der Waals surface area contributed by atoms with Crippen LogP contribution in [-0.4, -0.2) is 14.9 Å². The molecule has 1 N–H and O–H groups in total. The summed E-state index contributed by atoms with van der Waals surface area (Å²) in [5.74, 6) is -0.217. The van der Waals surface area contributed by atoms with Gasteiger partial charge in [0.05, 0.1) is 4.92 Å². The standard InChI is InChI=1S/C4H3N4O2/c5-4-6-1-3(2-7-4)8(9)10/h1-2,5H. The van der Waals surface area contributed by atoms with Crippen molar-refractivity contribution in [3.05, 3.63) is 22.5 Å². The predicted molar refractivity (Wildman–Crippen MR) is 31.4 cm³/mol. The van der Waals surface area contributed by atoms with E-state index in [1.54, 1.807) is 0 Å². The highest BCUT2D eigenvalue weighted by Crippen LogP contribution is 2.05. The normalized spacial score (nSPS) is 9.20. The molecule has 1 radical (unpaired) electrons. The molecular weight excluding hydrogens is 136 g/mol. The molecule has 0 aromatic carbocycles. The molecule has 1 aromatic heterocycles. The maximum absolute atomic E-state index is 9.98. The molecule has 0 fully saturated rings. The Kier molecular flexibility index (Phi) is 1.44. The summed E-state index contributed by atoms with van der Waals surface area (Å²) in [5, 5.41) is 9.98. The zero-order valence-electron chi connectivity index (χ0n) is 4.81. The Morgan fingerprint density at radius 3 is 2.40 bits per heavy atom. The number of nitro groups is 1. The van der Waals surface area contributed by atoms with E-state index in [0.29, 0.717) is 0 Å². The van der Waals surface area contributed by atoms with E-state index in [1.807, 2.05) is 0 Å². The van der Waals surface area contributed by atoms with Gasteiger partial charge in [0.2, 0.25) is 5.95 Å². The Morgan fingerprint density at radius 2 is 2.00 bits per heavy atom. The maximum Gasteiger partial charge on any atom is 0.305 e. The Labute approximate surface area is 55.9 Å². The summed E-state index contributed by atoms with van der Waals surface area (Å²) in [6, 6.07) is 0. The summed E-state index contributed by atoms with van der Waals surface area (Å²) in [4.78, 5) is 16.0. The van der Waals surface area contributed by atoms with Gasteiger partial charge in [-0.3, -0.25) is 15.8 Å². The minimum absolute atomic E-state index is 0.198. The van der Waals surface area contributed by atoms with Gasteiger partial charge >= 0.3 is 5.69 Å². The lowest BCUT2D eigenvalue weighted by atomic mass is 10.6. The van der Waals surface area contributed by atoms with E-state index in [9.17, 15) is 10.1 Å². The number of aromatic nitrogens is 2. The summed E-state index contributed by atoms with van der Waals surface area (Å²) in [5.41, 5.74) is 6.59. The minimum Gasteiger partial charge on any atom is -0.266 e. The van der Waals surface area contributed by atoms with Crippen molar-refractivity contribution < 1.29 is 4.92 Å². The molecule has 0 aliphatic heterocycles. The van der Waals surface area contributed by atoms with Crippen LogP contribution >= 0.6 is 0 Å². The second kappa shape index (κ2) is 2.26. The van der Waals surface area contributed by atoms with E-state index < -0.39 is 4.92 Å². The fraction of sp³-hybridized carbons (Fsp3) is 0. The second-order valence-corrected chi connectivity index (χ2v) is 1.52. The molecule has 0 aliphatic carbocycles. The SMILES string of the molecule is [NH]c1ncc([N+](=O)[O-])cn1. The summed E-state index contributed by atoms with van der Waals surface area (Å²) < 4.78 is 0. The summed E-state index contributed by atoms with van der Waals surface area (Å²) >= 11 is 0. The van der Waals surface area contributed by atoms with Crippen LogP contribution in [0.2, 0.25) is 0 Å². The van der Waals surface area contributed by atoms with Gasteiger partial charge < -0.3 is 0 Å². The lowest BCUT2D eigenvalue weighted by molar-refractivity contribution is -0.385. The first-order valence-electron chi connectivity index (χ1n) is 2.38. The van der Waals surface area contributed by atoms with Crippen LogP contribution in [-0.2, 0) is 0 Å². The number of nitrogens with zero attached hydrogens (tertiary/aromatic N) is 3.